The number of nitrogens with one attached hydrogen (secondary N) is 2. The number of aryl methyl sites for hydroxylation is 1. The molecule has 2 aromatic carbocycles. The van der Waals surface area contributed by atoms with Crippen LogP contribution in [0.4, 0.5) is 11.4 Å². The molecule has 0 atom stereocenters. The molecule has 20 heavy (non-hydrogen) atoms. The van der Waals surface area contributed by atoms with Crippen molar-refractivity contribution < 1.29 is 0 Å². The quantitative estimate of drug-likeness (QED) is 0.676. The minimum absolute atomic E-state index is 0.411. The molecule has 2 aromatic rings. The molecule has 0 spiro atoms. The van der Waals surface area contributed by atoms with E-state index in [-0.39, 0.29) is 0 Å². The molecule has 2 rings (SSSR count). The maximum absolute atomic E-state index is 6.06. The van der Waals surface area contributed by atoms with Gasteiger partial charge < -0.3 is 10.6 Å². The lowest BCUT2D eigenvalue weighted by atomic mass is 10.2. The molecular formula is C14H11Cl3N2S. The highest BCUT2D eigenvalue weighted by Gasteiger charge is 2.05. The zero-order valence-corrected chi connectivity index (χ0v) is 13.6. The van der Waals surface area contributed by atoms with Crippen molar-refractivity contribution in [2.75, 3.05) is 10.6 Å². The number of thiocarbonyl (C=S) groups is 1. The predicted octanol–water partition coefficient (Wildman–Crippen LogP) is 5.76. The number of rotatable bonds is 2. The Labute approximate surface area is 138 Å². The molecule has 0 aromatic heterocycles. The van der Waals surface area contributed by atoms with Crippen molar-refractivity contribution in [3.05, 3.63) is 57.0 Å². The van der Waals surface area contributed by atoms with Crippen LogP contribution in [0.1, 0.15) is 5.56 Å². The Hall–Kier alpha value is -1.000. The van der Waals surface area contributed by atoms with Gasteiger partial charge in [0.05, 0.1) is 10.7 Å². The van der Waals surface area contributed by atoms with Crippen LogP contribution in [-0.4, -0.2) is 5.11 Å². The number of anilines is 2. The molecule has 2 nitrogen and oxygen atoms in total. The van der Waals surface area contributed by atoms with Gasteiger partial charge >= 0.3 is 0 Å². The topological polar surface area (TPSA) is 24.1 Å². The smallest absolute Gasteiger partial charge is 0.175 e. The van der Waals surface area contributed by atoms with Gasteiger partial charge in [0, 0.05) is 15.7 Å². The van der Waals surface area contributed by atoms with Crippen LogP contribution in [0.5, 0.6) is 0 Å². The molecule has 6 heteroatoms. The first-order valence-corrected chi connectivity index (χ1v) is 7.29. The standard InChI is InChI=1S/C14H11Cl3N2S/c1-8-2-4-10(7-12(8)17)18-14(20)19-13-6-9(15)3-5-11(13)16/h2-7H,1H3,(H2,18,19,20). The first-order valence-electron chi connectivity index (χ1n) is 5.75. The minimum atomic E-state index is 0.411. The number of benzene rings is 2. The third-order valence-corrected chi connectivity index (χ3v) is 3.78. The summed E-state index contributed by atoms with van der Waals surface area (Å²) in [5.74, 6) is 0. The number of hydrogen-bond donors (Lipinski definition) is 2. The van der Waals surface area contributed by atoms with Crippen LogP contribution in [0.2, 0.25) is 15.1 Å². The number of halogens is 3. The van der Waals surface area contributed by atoms with E-state index in [0.29, 0.717) is 25.9 Å². The first-order chi connectivity index (χ1) is 9.45. The van der Waals surface area contributed by atoms with Crippen molar-refractivity contribution in [2.24, 2.45) is 0 Å². The Balaban J connectivity index is 2.09. The second-order valence-electron chi connectivity index (χ2n) is 4.17. The average molecular weight is 346 g/mol. The summed E-state index contributed by atoms with van der Waals surface area (Å²) < 4.78 is 0. The monoisotopic (exact) mass is 344 g/mol. The summed E-state index contributed by atoms with van der Waals surface area (Å²) in [6.07, 6.45) is 0. The van der Waals surface area contributed by atoms with E-state index in [2.05, 4.69) is 10.6 Å². The molecule has 0 heterocycles. The zero-order chi connectivity index (χ0) is 14.7. The van der Waals surface area contributed by atoms with E-state index >= 15 is 0 Å². The number of hydrogen-bond acceptors (Lipinski definition) is 1. The maximum atomic E-state index is 6.06. The summed E-state index contributed by atoms with van der Waals surface area (Å²) in [5, 5.41) is 8.25. The van der Waals surface area contributed by atoms with Crippen molar-refractivity contribution in [1.82, 2.24) is 0 Å². The molecule has 104 valence electrons. The largest absolute Gasteiger partial charge is 0.332 e. The highest BCUT2D eigenvalue weighted by atomic mass is 35.5. The van der Waals surface area contributed by atoms with Gasteiger partial charge in [-0.1, -0.05) is 40.9 Å². The Bertz CT molecular complexity index is 659. The van der Waals surface area contributed by atoms with Crippen molar-refractivity contribution in [3.63, 3.8) is 0 Å². The van der Waals surface area contributed by atoms with Crippen LogP contribution in [-0.2, 0) is 0 Å². The van der Waals surface area contributed by atoms with Crippen LogP contribution in [0.25, 0.3) is 0 Å². The van der Waals surface area contributed by atoms with Crippen molar-refractivity contribution >= 4 is 63.5 Å². The Morgan fingerprint density at radius 3 is 2.40 bits per heavy atom. The zero-order valence-electron chi connectivity index (χ0n) is 10.5. The minimum Gasteiger partial charge on any atom is -0.332 e. The maximum Gasteiger partial charge on any atom is 0.175 e. The van der Waals surface area contributed by atoms with Gasteiger partial charge in [0.15, 0.2) is 5.11 Å². The van der Waals surface area contributed by atoms with E-state index in [4.69, 9.17) is 47.0 Å². The van der Waals surface area contributed by atoms with Crippen LogP contribution in [0.3, 0.4) is 0 Å². The highest BCUT2D eigenvalue weighted by Crippen LogP contribution is 2.26. The van der Waals surface area contributed by atoms with Gasteiger partial charge in [-0.2, -0.15) is 0 Å². The van der Waals surface area contributed by atoms with Crippen LogP contribution < -0.4 is 10.6 Å². The van der Waals surface area contributed by atoms with Crippen molar-refractivity contribution in [2.45, 2.75) is 6.92 Å². The van der Waals surface area contributed by atoms with Crippen LogP contribution >= 0.6 is 47.0 Å². The van der Waals surface area contributed by atoms with Gasteiger partial charge in [0.2, 0.25) is 0 Å². The van der Waals surface area contributed by atoms with E-state index in [0.717, 1.165) is 11.3 Å². The van der Waals surface area contributed by atoms with Crippen molar-refractivity contribution in [1.29, 1.82) is 0 Å². The summed E-state index contributed by atoms with van der Waals surface area (Å²) in [6.45, 7) is 1.94. The van der Waals surface area contributed by atoms with Crippen LogP contribution in [0.15, 0.2) is 36.4 Å². The third kappa shape index (κ3) is 4.00. The predicted molar refractivity (Wildman–Crippen MR) is 92.5 cm³/mol. The second-order valence-corrected chi connectivity index (χ2v) is 5.83. The molecule has 0 aliphatic heterocycles. The molecule has 0 unspecified atom stereocenters. The van der Waals surface area contributed by atoms with E-state index in [1.54, 1.807) is 18.2 Å². The summed E-state index contributed by atoms with van der Waals surface area (Å²) in [7, 11) is 0. The molecule has 0 saturated carbocycles. The lowest BCUT2D eigenvalue weighted by molar-refractivity contribution is 1.46. The molecule has 0 saturated heterocycles. The van der Waals surface area contributed by atoms with Crippen molar-refractivity contribution in [3.8, 4) is 0 Å². The van der Waals surface area contributed by atoms with E-state index in [1.807, 2.05) is 25.1 Å². The van der Waals surface area contributed by atoms with Crippen LogP contribution in [0, 0.1) is 6.92 Å². The summed E-state index contributed by atoms with van der Waals surface area (Å²) >= 11 is 23.3. The Morgan fingerprint density at radius 1 is 0.950 bits per heavy atom. The fraction of sp³-hybridized carbons (Fsp3) is 0.0714. The normalized spacial score (nSPS) is 10.2. The summed E-state index contributed by atoms with van der Waals surface area (Å²) in [4.78, 5) is 0. The molecule has 0 aliphatic carbocycles. The molecule has 2 N–H and O–H groups in total. The third-order valence-electron chi connectivity index (χ3n) is 2.61. The van der Waals surface area contributed by atoms with Gasteiger partial charge in [-0.05, 0) is 55.0 Å². The Kier molecular flexibility index (Phi) is 5.11. The Morgan fingerprint density at radius 2 is 1.70 bits per heavy atom. The molecule has 0 fully saturated rings. The first kappa shape index (κ1) is 15.4. The SMILES string of the molecule is Cc1ccc(NC(=S)Nc2cc(Cl)ccc2Cl)cc1Cl. The van der Waals surface area contributed by atoms with E-state index in [9.17, 15) is 0 Å². The molecule has 0 aliphatic rings. The molecule has 0 amide bonds. The van der Waals surface area contributed by atoms with E-state index in [1.165, 1.54) is 0 Å². The summed E-state index contributed by atoms with van der Waals surface area (Å²) in [6, 6.07) is 10.8. The second kappa shape index (κ2) is 6.64. The molecule has 0 radical (unpaired) electrons. The van der Waals surface area contributed by atoms with Gasteiger partial charge in [-0.15, -0.1) is 0 Å². The van der Waals surface area contributed by atoms with Gasteiger partial charge in [-0.3, -0.25) is 0 Å². The molecule has 0 bridgehead atoms. The average Bonchev–Trinajstić information content (AvgIpc) is 2.38. The fourth-order valence-electron chi connectivity index (χ4n) is 1.55. The highest BCUT2D eigenvalue weighted by molar-refractivity contribution is 7.80. The lowest BCUT2D eigenvalue weighted by Gasteiger charge is -2.12. The molecular weight excluding hydrogens is 335 g/mol. The lowest BCUT2D eigenvalue weighted by Crippen LogP contribution is -2.19. The van der Waals surface area contributed by atoms with Gasteiger partial charge in [0.25, 0.3) is 0 Å². The van der Waals surface area contributed by atoms with Gasteiger partial charge in [0.1, 0.15) is 0 Å². The summed E-state index contributed by atoms with van der Waals surface area (Å²) in [5.41, 5.74) is 2.46. The van der Waals surface area contributed by atoms with Gasteiger partial charge in [-0.25, -0.2) is 0 Å². The fourth-order valence-corrected chi connectivity index (χ4v) is 2.29. The van der Waals surface area contributed by atoms with E-state index < -0.39 is 0 Å².